The zero-order chi connectivity index (χ0) is 37.8. The molecule has 0 aliphatic carbocycles. The molecule has 0 aliphatic rings. The van der Waals surface area contributed by atoms with Crippen LogP contribution in [0.4, 0.5) is 0 Å². The van der Waals surface area contributed by atoms with Crippen LogP contribution in [0.2, 0.25) is 0 Å². The van der Waals surface area contributed by atoms with Crippen LogP contribution in [0.3, 0.4) is 0 Å². The first-order chi connectivity index (χ1) is 24.1. The number of hydrogen-bond acceptors (Lipinski definition) is 8. The average molecular weight is 708 g/mol. The molecule has 0 radical (unpaired) electrons. The van der Waals surface area contributed by atoms with Crippen molar-refractivity contribution in [1.29, 1.82) is 0 Å². The average Bonchev–Trinajstić information content (AvgIpc) is 3.49. The molecule has 0 bridgehead atoms. The van der Waals surface area contributed by atoms with Crippen LogP contribution in [0.25, 0.3) is 10.9 Å². The Morgan fingerprint density at radius 3 is 1.88 bits per heavy atom. The Balaban J connectivity index is 1.96. The molecule has 0 aliphatic heterocycles. The zero-order valence-corrected chi connectivity index (χ0v) is 29.3. The maximum absolute atomic E-state index is 14.1. The van der Waals surface area contributed by atoms with Crippen molar-refractivity contribution in [3.8, 4) is 5.75 Å². The number of nitrogens with one attached hydrogen (secondary N) is 5. The highest BCUT2D eigenvalue weighted by molar-refractivity contribution is 5.97. The number of nitrogens with two attached hydrogens (primary N) is 2. The summed E-state index contributed by atoms with van der Waals surface area (Å²) < 4.78 is 0. The fourth-order valence-corrected chi connectivity index (χ4v) is 5.51. The van der Waals surface area contributed by atoms with Gasteiger partial charge in [-0.25, -0.2) is 4.79 Å². The largest absolute Gasteiger partial charge is 0.508 e. The van der Waals surface area contributed by atoms with Gasteiger partial charge in [-0.05, 0) is 47.6 Å². The molecule has 51 heavy (non-hydrogen) atoms. The number of phenolic OH excluding ortho intramolecular Hbond substituents is 1. The summed E-state index contributed by atoms with van der Waals surface area (Å²) in [4.78, 5) is 81.4. The molecular formula is C36H49N7O8. The number of carboxylic acid groups (broad SMARTS) is 1. The molecule has 11 N–H and O–H groups in total. The van der Waals surface area contributed by atoms with Crippen LogP contribution in [0.1, 0.15) is 58.1 Å². The lowest BCUT2D eigenvalue weighted by molar-refractivity contribution is -0.142. The van der Waals surface area contributed by atoms with Gasteiger partial charge in [0.15, 0.2) is 0 Å². The molecule has 6 atom stereocenters. The quantitative estimate of drug-likeness (QED) is 0.0859. The molecule has 2 aromatic carbocycles. The van der Waals surface area contributed by atoms with Gasteiger partial charge in [-0.2, -0.15) is 0 Å². The Labute approximate surface area is 296 Å². The van der Waals surface area contributed by atoms with E-state index in [2.05, 4.69) is 26.3 Å². The van der Waals surface area contributed by atoms with Gasteiger partial charge in [0.05, 0.1) is 12.5 Å². The van der Waals surface area contributed by atoms with Crippen LogP contribution < -0.4 is 32.7 Å². The minimum atomic E-state index is -1.47. The summed E-state index contributed by atoms with van der Waals surface area (Å²) in [6, 6.07) is 6.84. The molecular weight excluding hydrogens is 658 g/mol. The van der Waals surface area contributed by atoms with Crippen LogP contribution in [0.15, 0.2) is 54.7 Å². The van der Waals surface area contributed by atoms with E-state index in [4.69, 9.17) is 11.5 Å². The van der Waals surface area contributed by atoms with Crippen LogP contribution in [-0.2, 0) is 41.6 Å². The van der Waals surface area contributed by atoms with E-state index >= 15 is 0 Å². The second-order valence-electron chi connectivity index (χ2n) is 13.2. The Morgan fingerprint density at radius 1 is 0.765 bits per heavy atom. The molecule has 3 rings (SSSR count). The number of benzene rings is 2. The topological polar surface area (TPSA) is 259 Å². The van der Waals surface area contributed by atoms with Crippen molar-refractivity contribution in [1.82, 2.24) is 26.3 Å². The van der Waals surface area contributed by atoms with Crippen molar-refractivity contribution >= 4 is 46.4 Å². The predicted molar refractivity (Wildman–Crippen MR) is 190 cm³/mol. The molecule has 0 saturated heterocycles. The lowest BCUT2D eigenvalue weighted by Crippen LogP contribution is -2.60. The third kappa shape index (κ3) is 11.8. The first-order valence-corrected chi connectivity index (χ1v) is 16.9. The zero-order valence-electron chi connectivity index (χ0n) is 29.3. The standard InChI is InChI=1S/C36H49N7O8/c1-5-20(4)31(38)35(49)42-28(17-30(37)45)34(48)40-26(15-21-10-12-23(44)13-11-21)32(46)41-27(33(47)43-29(36(50)51)14-19(2)3)16-22-18-39-25-9-7-6-8-24(22)25/h6-13,18-20,26-29,31,39,44H,5,14-17,38H2,1-4H3,(H2,37,45)(H,40,48)(H,41,46)(H,42,49)(H,43,47)(H,50,51)/t20-,26-,27-,28-,29-,31-/m0/s1. The number of para-hydroxylation sites is 1. The molecule has 5 amide bonds. The summed E-state index contributed by atoms with van der Waals surface area (Å²) in [6.45, 7) is 7.23. The fourth-order valence-electron chi connectivity index (χ4n) is 5.51. The van der Waals surface area contributed by atoms with E-state index in [9.17, 15) is 39.0 Å². The van der Waals surface area contributed by atoms with Crippen molar-refractivity contribution in [2.24, 2.45) is 23.3 Å². The molecule has 1 aromatic heterocycles. The van der Waals surface area contributed by atoms with Gasteiger partial charge in [0.1, 0.15) is 29.9 Å². The number of aromatic amines is 1. The molecule has 0 spiro atoms. The van der Waals surface area contributed by atoms with Crippen molar-refractivity contribution in [3.63, 3.8) is 0 Å². The molecule has 0 saturated carbocycles. The molecule has 276 valence electrons. The van der Waals surface area contributed by atoms with Gasteiger partial charge >= 0.3 is 5.97 Å². The van der Waals surface area contributed by atoms with Gasteiger partial charge < -0.3 is 47.9 Å². The number of primary amides is 1. The smallest absolute Gasteiger partial charge is 0.326 e. The van der Waals surface area contributed by atoms with Gasteiger partial charge in [-0.3, -0.25) is 24.0 Å². The van der Waals surface area contributed by atoms with Crippen LogP contribution in [0, 0.1) is 11.8 Å². The van der Waals surface area contributed by atoms with Crippen molar-refractivity contribution in [2.45, 2.75) is 90.0 Å². The summed E-state index contributed by atoms with van der Waals surface area (Å²) in [5, 5.41) is 30.7. The van der Waals surface area contributed by atoms with Gasteiger partial charge in [0.2, 0.25) is 29.5 Å². The number of amides is 5. The van der Waals surface area contributed by atoms with E-state index < -0.39 is 72.1 Å². The second-order valence-corrected chi connectivity index (χ2v) is 13.2. The third-order valence-corrected chi connectivity index (χ3v) is 8.66. The van der Waals surface area contributed by atoms with Gasteiger partial charge in [0, 0.05) is 29.9 Å². The van der Waals surface area contributed by atoms with Gasteiger partial charge in [-0.1, -0.05) is 64.4 Å². The summed E-state index contributed by atoms with van der Waals surface area (Å²) in [5.74, 6) is -5.62. The Bertz CT molecular complexity index is 1690. The number of hydrogen-bond donors (Lipinski definition) is 9. The summed E-state index contributed by atoms with van der Waals surface area (Å²) in [7, 11) is 0. The molecule has 15 heteroatoms. The van der Waals surface area contributed by atoms with E-state index in [1.54, 1.807) is 13.1 Å². The van der Waals surface area contributed by atoms with Crippen LogP contribution in [-0.4, -0.2) is 80.9 Å². The van der Waals surface area contributed by atoms with Gasteiger partial charge in [-0.15, -0.1) is 0 Å². The first kappa shape index (κ1) is 40.0. The molecule has 0 fully saturated rings. The molecule has 1 heterocycles. The van der Waals surface area contributed by atoms with Crippen molar-refractivity contribution < 1.29 is 39.0 Å². The number of carbonyl (C=O) groups is 6. The Kier molecular flexibility index (Phi) is 14.5. The van der Waals surface area contributed by atoms with E-state index in [0.717, 1.165) is 10.9 Å². The highest BCUT2D eigenvalue weighted by atomic mass is 16.4. The van der Waals surface area contributed by atoms with Crippen LogP contribution >= 0.6 is 0 Å². The highest BCUT2D eigenvalue weighted by Crippen LogP contribution is 2.20. The van der Waals surface area contributed by atoms with E-state index in [-0.39, 0.29) is 36.8 Å². The number of phenols is 1. The van der Waals surface area contributed by atoms with Crippen molar-refractivity contribution in [2.75, 3.05) is 0 Å². The van der Waals surface area contributed by atoms with E-state index in [0.29, 0.717) is 17.5 Å². The minimum absolute atomic E-state index is 0.0319. The number of aliphatic carboxylic acids is 1. The lowest BCUT2D eigenvalue weighted by Gasteiger charge is -2.27. The monoisotopic (exact) mass is 707 g/mol. The predicted octanol–water partition coefficient (Wildman–Crippen LogP) is 0.977. The highest BCUT2D eigenvalue weighted by Gasteiger charge is 2.33. The number of aromatic nitrogens is 1. The number of H-pyrrole nitrogens is 1. The fraction of sp³-hybridized carbons (Fsp3) is 0.444. The normalized spacial score (nSPS) is 14.8. The number of rotatable bonds is 19. The Morgan fingerprint density at radius 2 is 1.31 bits per heavy atom. The summed E-state index contributed by atoms with van der Waals surface area (Å²) in [5.41, 5.74) is 13.4. The molecule has 15 nitrogen and oxygen atoms in total. The molecule has 3 aromatic rings. The first-order valence-electron chi connectivity index (χ1n) is 16.9. The maximum atomic E-state index is 14.1. The minimum Gasteiger partial charge on any atom is -0.508 e. The molecule has 0 unspecified atom stereocenters. The summed E-state index contributed by atoms with van der Waals surface area (Å²) in [6.07, 6.45) is 1.65. The number of aromatic hydroxyl groups is 1. The summed E-state index contributed by atoms with van der Waals surface area (Å²) >= 11 is 0. The Hall–Kier alpha value is -5.44. The van der Waals surface area contributed by atoms with E-state index in [1.807, 2.05) is 45.0 Å². The SMILES string of the molecule is CC[C@H](C)[C@H](N)C(=O)N[C@@H](CC(N)=O)C(=O)N[C@@H](Cc1ccc(O)cc1)C(=O)N[C@@H](Cc1c[nH]c2ccccc12)C(=O)N[C@@H](CC(C)C)C(=O)O. The number of carbonyl (C=O) groups excluding carboxylic acids is 5. The third-order valence-electron chi connectivity index (χ3n) is 8.66. The number of fused-ring (bicyclic) bond motifs is 1. The van der Waals surface area contributed by atoms with E-state index in [1.165, 1.54) is 24.3 Å². The second kappa shape index (κ2) is 18.5. The van der Waals surface area contributed by atoms with Crippen molar-refractivity contribution in [3.05, 3.63) is 65.9 Å². The van der Waals surface area contributed by atoms with Crippen LogP contribution in [0.5, 0.6) is 5.75 Å². The lowest BCUT2D eigenvalue weighted by atomic mass is 9.98. The maximum Gasteiger partial charge on any atom is 0.326 e. The van der Waals surface area contributed by atoms with Gasteiger partial charge in [0.25, 0.3) is 0 Å². The number of carboxylic acids is 1.